The van der Waals surface area contributed by atoms with Crippen molar-refractivity contribution in [3.05, 3.63) is 309 Å². The maximum absolute atomic E-state index is 13.8. The van der Waals surface area contributed by atoms with Gasteiger partial charge in [0.15, 0.2) is 34.5 Å². The fourth-order valence-electron chi connectivity index (χ4n) is 20.9. The molecule has 21 nitrogen and oxygen atoms in total. The van der Waals surface area contributed by atoms with E-state index in [1.807, 2.05) is 84.9 Å². The van der Waals surface area contributed by atoms with Crippen LogP contribution in [-0.4, -0.2) is 337 Å². The lowest BCUT2D eigenvalue weighted by Crippen LogP contribution is -2.46. The Labute approximate surface area is 872 Å². The van der Waals surface area contributed by atoms with Crippen molar-refractivity contribution in [3.63, 3.8) is 0 Å². The van der Waals surface area contributed by atoms with Crippen molar-refractivity contribution in [2.75, 3.05) is 307 Å². The van der Waals surface area contributed by atoms with E-state index in [1.165, 1.54) is 114 Å². The van der Waals surface area contributed by atoms with Crippen LogP contribution in [0.3, 0.4) is 0 Å². The molecule has 12 aromatic rings. The van der Waals surface area contributed by atoms with Gasteiger partial charge in [0.25, 0.3) is 0 Å². The van der Waals surface area contributed by atoms with Crippen molar-refractivity contribution in [1.82, 2.24) is 58.8 Å². The molecule has 24 rings (SSSR count). The predicted molar refractivity (Wildman–Crippen MR) is 593 cm³/mol. The zero-order valence-corrected chi connectivity index (χ0v) is 88.5. The molecule has 6 fully saturated rings. The van der Waals surface area contributed by atoms with Crippen LogP contribution in [0.15, 0.2) is 280 Å². The summed E-state index contributed by atoms with van der Waals surface area (Å²) in [4.78, 5) is 46.2. The molecule has 0 spiro atoms. The van der Waals surface area contributed by atoms with Crippen LogP contribution in [0.5, 0.6) is 34.5 Å². The second kappa shape index (κ2) is 48.4. The van der Waals surface area contributed by atoms with Crippen molar-refractivity contribution < 1.29 is 23.0 Å². The van der Waals surface area contributed by atoms with Gasteiger partial charge in [-0.3, -0.25) is 29.4 Å². The van der Waals surface area contributed by atoms with Crippen LogP contribution < -0.4 is 43.6 Å². The zero-order valence-electron chi connectivity index (χ0n) is 83.8. The highest BCUT2D eigenvalue weighted by atomic mass is 79.9. The van der Waals surface area contributed by atoms with Gasteiger partial charge in [0.1, 0.15) is 11.6 Å². The molecule has 0 unspecified atom stereocenters. The first-order valence-corrected chi connectivity index (χ1v) is 54.0. The van der Waals surface area contributed by atoms with Crippen LogP contribution in [0.4, 0.5) is 77.0 Å². The Balaban J connectivity index is 0.000000109. The minimum atomic E-state index is -0.235. The molecule has 12 heterocycles. The molecule has 0 radical (unpaired) electrons. The Kier molecular flexibility index (Phi) is 34.4. The molecule has 0 aromatic heterocycles. The number of hydrogen-bond acceptors (Lipinski definition) is 22. The standard InChI is InChI=1S/C20H24BrN3.C20H25N3.C19H22BrN3O.C19H22ClN3O.C19H22FN3O.C19H22FN3S/c1-22-8-10-23(11-9-22)12-13-24-19-5-3-2-4-16(19)14-17-6-7-18(21)15-20(17)24;1-21-10-12-22(13-11-21)14-15-23-19-8-4-2-6-17(19)16-18-7-3-5-9-20(18)23;4*1-21-8-10-22(11-9-21)12-13-23-16-4-2-3-5-18(16)24-19-7-6-15(20)14-17(19)23/h2-7,15H,8-14H2,1H3;2-9H,10-16H2,1H3;4*2-7,14H,8-13H2,1H3. The summed E-state index contributed by atoms with van der Waals surface area (Å²) in [7, 11) is 13.2. The summed E-state index contributed by atoms with van der Waals surface area (Å²) in [5.41, 5.74) is 19.7. The Bertz CT molecular complexity index is 5480. The molecule has 0 N–H and O–H groups in total. The Hall–Kier alpha value is -10.2. The zero-order chi connectivity index (χ0) is 98.2. The third-order valence-corrected chi connectivity index (χ3v) is 32.1. The summed E-state index contributed by atoms with van der Waals surface area (Å²) in [6.07, 6.45) is 2.08. The van der Waals surface area contributed by atoms with Crippen LogP contribution in [0, 0.1) is 11.6 Å². The number of rotatable bonds is 18. The van der Waals surface area contributed by atoms with Crippen LogP contribution >= 0.6 is 55.2 Å². The molecule has 0 bridgehead atoms. The molecule has 0 atom stereocenters. The van der Waals surface area contributed by atoms with Gasteiger partial charge in [-0.25, -0.2) is 8.78 Å². The van der Waals surface area contributed by atoms with Crippen molar-refractivity contribution in [1.29, 1.82) is 0 Å². The Morgan fingerprint density at radius 3 is 0.867 bits per heavy atom. The van der Waals surface area contributed by atoms with E-state index in [1.54, 1.807) is 36.0 Å². The molecule has 12 aliphatic heterocycles. The highest BCUT2D eigenvalue weighted by Gasteiger charge is 2.34. The third kappa shape index (κ3) is 25.7. The number of halogens is 5. The van der Waals surface area contributed by atoms with Crippen molar-refractivity contribution >= 4 is 123 Å². The number of benzene rings is 12. The van der Waals surface area contributed by atoms with Gasteiger partial charge in [0.2, 0.25) is 0 Å². The number of anilines is 12. The molecule has 12 aliphatic rings. The lowest BCUT2D eigenvalue weighted by molar-refractivity contribution is 0.157. The summed E-state index contributed by atoms with van der Waals surface area (Å²) in [6, 6.07) is 88.0. The van der Waals surface area contributed by atoms with Crippen molar-refractivity contribution in [3.8, 4) is 34.5 Å². The van der Waals surface area contributed by atoms with Gasteiger partial charge in [-0.2, -0.15) is 0 Å². The molecule has 0 amide bonds. The summed E-state index contributed by atoms with van der Waals surface area (Å²) in [5.74, 6) is 4.78. The van der Waals surface area contributed by atoms with Crippen molar-refractivity contribution in [2.24, 2.45) is 0 Å². The number of para-hydroxylation sites is 10. The first kappa shape index (κ1) is 101. The van der Waals surface area contributed by atoms with Gasteiger partial charge in [0.05, 0.1) is 45.5 Å². The minimum Gasteiger partial charge on any atom is -0.453 e. The Morgan fingerprint density at radius 2 is 0.483 bits per heavy atom. The van der Waals surface area contributed by atoms with Crippen LogP contribution in [0.2, 0.25) is 5.02 Å². The fourth-order valence-corrected chi connectivity index (χ4v) is 22.9. The summed E-state index contributed by atoms with van der Waals surface area (Å²) >= 11 is 15.2. The second-order valence-electron chi connectivity index (χ2n) is 39.5. The molecule has 27 heteroatoms. The third-order valence-electron chi connectivity index (χ3n) is 29.7. The average molecular weight is 2100 g/mol. The number of ether oxygens (including phenoxy) is 3. The highest BCUT2D eigenvalue weighted by Crippen LogP contribution is 2.53. The van der Waals surface area contributed by atoms with Crippen LogP contribution in [0.1, 0.15) is 22.3 Å². The molecule has 0 saturated carbocycles. The first-order chi connectivity index (χ1) is 69.8. The fraction of sp³-hybridized carbons (Fsp3) is 0.379. The second-order valence-corrected chi connectivity index (χ2v) is 42.9. The van der Waals surface area contributed by atoms with E-state index in [0.717, 1.165) is 284 Å². The van der Waals surface area contributed by atoms with E-state index < -0.39 is 0 Å². The lowest BCUT2D eigenvalue weighted by Gasteiger charge is -2.37. The lowest BCUT2D eigenvalue weighted by atomic mass is 9.95. The van der Waals surface area contributed by atoms with E-state index in [2.05, 4.69) is 308 Å². The quantitative estimate of drug-likeness (QED) is 0.0816. The maximum Gasteiger partial charge on any atom is 0.151 e. The number of fused-ring (bicyclic) bond motifs is 12. The van der Waals surface area contributed by atoms with Gasteiger partial charge in [-0.1, -0.05) is 164 Å². The van der Waals surface area contributed by atoms with Gasteiger partial charge < -0.3 is 73.0 Å². The Morgan fingerprint density at radius 1 is 0.231 bits per heavy atom. The molecule has 0 aliphatic carbocycles. The predicted octanol–water partition coefficient (Wildman–Crippen LogP) is 21.5. The van der Waals surface area contributed by atoms with Crippen LogP contribution in [-0.2, 0) is 12.8 Å². The first-order valence-electron chi connectivity index (χ1n) is 51.2. The number of piperazine rings is 6. The highest BCUT2D eigenvalue weighted by molar-refractivity contribution is 9.10. The number of nitrogens with zero attached hydrogens (tertiary/aromatic N) is 18. The van der Waals surface area contributed by atoms with Gasteiger partial charge >= 0.3 is 0 Å². The van der Waals surface area contributed by atoms with E-state index in [-0.39, 0.29) is 11.6 Å². The molecular weight excluding hydrogens is 1960 g/mol. The maximum atomic E-state index is 13.8. The monoisotopic (exact) mass is 2090 g/mol. The molecule has 6 saturated heterocycles. The van der Waals surface area contributed by atoms with E-state index >= 15 is 0 Å². The number of hydrogen-bond donors (Lipinski definition) is 0. The molecule has 750 valence electrons. The molecule has 143 heavy (non-hydrogen) atoms. The smallest absolute Gasteiger partial charge is 0.151 e. The minimum absolute atomic E-state index is 0.168. The topological polar surface area (TPSA) is 86.0 Å². The average Bonchev–Trinajstić information content (AvgIpc) is 0.789. The van der Waals surface area contributed by atoms with E-state index in [0.29, 0.717) is 5.75 Å². The van der Waals surface area contributed by atoms with Gasteiger partial charge in [-0.05, 0) is 210 Å². The normalized spacial score (nSPS) is 18.2. The van der Waals surface area contributed by atoms with E-state index in [4.69, 9.17) is 25.8 Å². The summed E-state index contributed by atoms with van der Waals surface area (Å²) in [6.45, 7) is 39.5. The van der Waals surface area contributed by atoms with Crippen molar-refractivity contribution in [2.45, 2.75) is 22.6 Å². The summed E-state index contributed by atoms with van der Waals surface area (Å²) < 4.78 is 47.9. The number of likely N-dealkylation sites (N-methyl/N-ethyl adjacent to an activating group) is 6. The van der Waals surface area contributed by atoms with Crippen LogP contribution in [0.25, 0.3) is 0 Å². The molecular formula is C116H137Br2ClF2N18O3S. The summed E-state index contributed by atoms with van der Waals surface area (Å²) in [5, 5.41) is 0.737. The molecule has 12 aromatic carbocycles. The van der Waals surface area contributed by atoms with Gasteiger partial charge in [-0.15, -0.1) is 0 Å². The van der Waals surface area contributed by atoms with E-state index in [9.17, 15) is 8.78 Å². The largest absolute Gasteiger partial charge is 0.453 e. The van der Waals surface area contributed by atoms with Gasteiger partial charge in [0, 0.05) is 301 Å². The SMILES string of the molecule is CN1CCN(CCN2c3ccccc3Cc3ccc(Br)cc32)CC1.CN1CCN(CCN2c3ccccc3Cc3ccccc32)CC1.CN1CCN(CCN2c3ccccc3Oc3ccc(Br)cc32)CC1.CN1CCN(CCN2c3ccccc3Oc3ccc(Cl)cc32)CC1.CN1CCN(CCN2c3ccccc3Oc3ccc(F)cc32)CC1.CN1CCN(CCN2c3ccccc3Sc3ccc(F)cc32)CC1.